The highest BCUT2D eigenvalue weighted by Crippen LogP contribution is 2.32. The fourth-order valence-corrected chi connectivity index (χ4v) is 3.54. The lowest BCUT2D eigenvalue weighted by molar-refractivity contribution is -0.384. The third kappa shape index (κ3) is 5.39. The number of esters is 1. The first-order valence-electron chi connectivity index (χ1n) is 10.3. The molecule has 0 radical (unpaired) electrons. The van der Waals surface area contributed by atoms with E-state index in [4.69, 9.17) is 25.8 Å². The molecular formula is C24H17ClN2O8. The van der Waals surface area contributed by atoms with Crippen molar-refractivity contribution < 1.29 is 33.5 Å². The van der Waals surface area contributed by atoms with Crippen LogP contribution < -0.4 is 14.8 Å². The van der Waals surface area contributed by atoms with Gasteiger partial charge < -0.3 is 19.5 Å². The maximum Gasteiger partial charge on any atom is 0.339 e. The van der Waals surface area contributed by atoms with Crippen molar-refractivity contribution in [3.05, 3.63) is 92.5 Å². The quantitative estimate of drug-likeness (QED) is 0.224. The number of carbonyl (C=O) groups is 3. The Labute approximate surface area is 203 Å². The van der Waals surface area contributed by atoms with Crippen molar-refractivity contribution >= 4 is 40.6 Å². The lowest BCUT2D eigenvalue weighted by atomic mass is 9.98. The molecule has 0 fully saturated rings. The molecule has 1 heterocycles. The Morgan fingerprint density at radius 2 is 1.69 bits per heavy atom. The second-order valence-corrected chi connectivity index (χ2v) is 7.69. The Morgan fingerprint density at radius 3 is 2.40 bits per heavy atom. The number of hydrogen-bond donors (Lipinski definition) is 1. The third-order valence-corrected chi connectivity index (χ3v) is 5.28. The Kier molecular flexibility index (Phi) is 6.93. The predicted octanol–water partition coefficient (Wildman–Crippen LogP) is 4.05. The average Bonchev–Trinajstić information content (AvgIpc) is 2.87. The summed E-state index contributed by atoms with van der Waals surface area (Å²) in [6.45, 7) is 0.109. The monoisotopic (exact) mass is 496 g/mol. The number of hydrogen-bond acceptors (Lipinski definition) is 8. The van der Waals surface area contributed by atoms with E-state index < -0.39 is 29.2 Å². The number of carbonyl (C=O) groups excluding carboxylic acids is 3. The van der Waals surface area contributed by atoms with Gasteiger partial charge >= 0.3 is 5.97 Å². The molecule has 0 unspecified atom stereocenters. The average molecular weight is 497 g/mol. The smallest absolute Gasteiger partial charge is 0.339 e. The fraction of sp³-hybridized carbons (Fsp3) is 0.125. The first-order valence-corrected chi connectivity index (χ1v) is 10.7. The molecular weight excluding hydrogens is 480 g/mol. The largest absolute Gasteiger partial charge is 0.486 e. The van der Waals surface area contributed by atoms with Gasteiger partial charge in [0.1, 0.15) is 13.2 Å². The molecule has 0 spiro atoms. The van der Waals surface area contributed by atoms with Crippen LogP contribution in [0, 0.1) is 10.1 Å². The minimum Gasteiger partial charge on any atom is -0.486 e. The number of benzene rings is 3. The van der Waals surface area contributed by atoms with Crippen molar-refractivity contribution in [3.63, 3.8) is 0 Å². The van der Waals surface area contributed by atoms with E-state index in [1.54, 1.807) is 30.3 Å². The van der Waals surface area contributed by atoms with Gasteiger partial charge in [-0.05, 0) is 30.3 Å². The van der Waals surface area contributed by atoms with Crippen LogP contribution in [0.15, 0.2) is 60.7 Å². The summed E-state index contributed by atoms with van der Waals surface area (Å²) < 4.78 is 16.1. The van der Waals surface area contributed by atoms with Crippen LogP contribution in [0.4, 0.5) is 11.4 Å². The van der Waals surface area contributed by atoms with Gasteiger partial charge in [0.05, 0.1) is 21.2 Å². The van der Waals surface area contributed by atoms with E-state index in [-0.39, 0.29) is 27.5 Å². The molecule has 11 heteroatoms. The Bertz CT molecular complexity index is 1340. The number of nitro benzene ring substituents is 1. The third-order valence-electron chi connectivity index (χ3n) is 4.97. The zero-order valence-electron chi connectivity index (χ0n) is 18.0. The SMILES string of the molecule is O=C(COC(=O)c1ccccc1C(=O)c1ccc2c(c1)OCCO2)Nc1ccc([N+](=O)[O-])cc1Cl. The van der Waals surface area contributed by atoms with Crippen LogP contribution in [0.3, 0.4) is 0 Å². The number of ketones is 1. The van der Waals surface area contributed by atoms with Gasteiger partial charge in [0.15, 0.2) is 23.9 Å². The summed E-state index contributed by atoms with van der Waals surface area (Å²) in [7, 11) is 0. The molecule has 3 aromatic rings. The van der Waals surface area contributed by atoms with Crippen LogP contribution in [0.2, 0.25) is 5.02 Å². The number of nitro groups is 1. The summed E-state index contributed by atoms with van der Waals surface area (Å²) in [6.07, 6.45) is 0. The van der Waals surface area contributed by atoms with E-state index in [0.717, 1.165) is 6.07 Å². The number of amides is 1. The lowest BCUT2D eigenvalue weighted by Crippen LogP contribution is -2.22. The Hall–Kier alpha value is -4.44. The van der Waals surface area contributed by atoms with Crippen molar-refractivity contribution in [1.29, 1.82) is 0 Å². The summed E-state index contributed by atoms with van der Waals surface area (Å²) in [5, 5.41) is 13.2. The van der Waals surface area contributed by atoms with Gasteiger partial charge in [-0.3, -0.25) is 19.7 Å². The van der Waals surface area contributed by atoms with Gasteiger partial charge in [-0.1, -0.05) is 29.8 Å². The van der Waals surface area contributed by atoms with Crippen LogP contribution in [0.5, 0.6) is 11.5 Å². The van der Waals surface area contributed by atoms with E-state index in [1.807, 2.05) is 0 Å². The van der Waals surface area contributed by atoms with Gasteiger partial charge in [0.2, 0.25) is 0 Å². The molecule has 0 bridgehead atoms. The van der Waals surface area contributed by atoms with Crippen LogP contribution in [-0.2, 0) is 9.53 Å². The summed E-state index contributed by atoms with van der Waals surface area (Å²) in [5.74, 6) is -1.07. The first-order chi connectivity index (χ1) is 16.8. The normalized spacial score (nSPS) is 11.9. The van der Waals surface area contributed by atoms with E-state index in [9.17, 15) is 24.5 Å². The summed E-state index contributed by atoms with van der Waals surface area (Å²) in [6, 6.07) is 14.3. The zero-order chi connectivity index (χ0) is 24.9. The summed E-state index contributed by atoms with van der Waals surface area (Å²) in [4.78, 5) is 48.2. The highest BCUT2D eigenvalue weighted by Gasteiger charge is 2.22. The second kappa shape index (κ2) is 10.2. The molecule has 3 aromatic carbocycles. The van der Waals surface area contributed by atoms with Crippen LogP contribution in [0.1, 0.15) is 26.3 Å². The minimum absolute atomic E-state index is 0.0199. The Morgan fingerprint density at radius 1 is 0.971 bits per heavy atom. The van der Waals surface area contributed by atoms with Gasteiger partial charge in [0, 0.05) is 23.3 Å². The Balaban J connectivity index is 1.44. The summed E-state index contributed by atoms with van der Waals surface area (Å²) in [5.41, 5.74) is 0.243. The molecule has 0 atom stereocenters. The predicted molar refractivity (Wildman–Crippen MR) is 124 cm³/mol. The van der Waals surface area contributed by atoms with E-state index in [0.29, 0.717) is 30.3 Å². The number of non-ortho nitro benzene ring substituents is 1. The lowest BCUT2D eigenvalue weighted by Gasteiger charge is -2.18. The number of nitrogens with zero attached hydrogens (tertiary/aromatic N) is 1. The number of halogens is 1. The van der Waals surface area contributed by atoms with Crippen molar-refractivity contribution in [2.75, 3.05) is 25.1 Å². The molecule has 0 saturated heterocycles. The number of nitrogens with one attached hydrogen (secondary N) is 1. The minimum atomic E-state index is -0.878. The van der Waals surface area contributed by atoms with Crippen LogP contribution in [0.25, 0.3) is 0 Å². The highest BCUT2D eigenvalue weighted by atomic mass is 35.5. The van der Waals surface area contributed by atoms with E-state index >= 15 is 0 Å². The van der Waals surface area contributed by atoms with Gasteiger partial charge in [0.25, 0.3) is 11.6 Å². The first kappa shape index (κ1) is 23.7. The number of fused-ring (bicyclic) bond motifs is 1. The standard InChI is InChI=1S/C24H17ClN2O8/c25-18-12-15(27(31)32)6-7-19(18)26-22(28)13-35-24(30)17-4-2-1-3-16(17)23(29)14-5-8-20-21(11-14)34-10-9-33-20/h1-8,11-12H,9-10,13H2,(H,26,28). The van der Waals surface area contributed by atoms with Crippen molar-refractivity contribution in [2.45, 2.75) is 0 Å². The molecule has 1 aliphatic rings. The molecule has 1 aliphatic heterocycles. The number of anilines is 1. The molecule has 0 aliphatic carbocycles. The van der Waals surface area contributed by atoms with E-state index in [2.05, 4.69) is 5.32 Å². The van der Waals surface area contributed by atoms with Crippen molar-refractivity contribution in [3.8, 4) is 11.5 Å². The van der Waals surface area contributed by atoms with Gasteiger partial charge in [-0.2, -0.15) is 0 Å². The van der Waals surface area contributed by atoms with Crippen LogP contribution >= 0.6 is 11.6 Å². The molecule has 178 valence electrons. The number of ether oxygens (including phenoxy) is 3. The van der Waals surface area contributed by atoms with Gasteiger partial charge in [-0.25, -0.2) is 4.79 Å². The van der Waals surface area contributed by atoms with Gasteiger partial charge in [-0.15, -0.1) is 0 Å². The van der Waals surface area contributed by atoms with Crippen molar-refractivity contribution in [2.24, 2.45) is 0 Å². The molecule has 0 saturated carbocycles. The molecule has 35 heavy (non-hydrogen) atoms. The number of rotatable bonds is 7. The maximum absolute atomic E-state index is 13.1. The van der Waals surface area contributed by atoms with E-state index in [1.165, 1.54) is 24.3 Å². The second-order valence-electron chi connectivity index (χ2n) is 7.28. The zero-order valence-corrected chi connectivity index (χ0v) is 18.7. The molecule has 4 rings (SSSR count). The molecule has 1 amide bonds. The highest BCUT2D eigenvalue weighted by molar-refractivity contribution is 6.34. The molecule has 0 aromatic heterocycles. The fourth-order valence-electron chi connectivity index (χ4n) is 3.31. The maximum atomic E-state index is 13.1. The molecule has 1 N–H and O–H groups in total. The topological polar surface area (TPSA) is 134 Å². The van der Waals surface area contributed by atoms with Crippen molar-refractivity contribution in [1.82, 2.24) is 0 Å². The van der Waals surface area contributed by atoms with Crippen LogP contribution in [-0.4, -0.2) is 42.4 Å². The molecule has 10 nitrogen and oxygen atoms in total. The summed E-state index contributed by atoms with van der Waals surface area (Å²) >= 11 is 5.95.